The molecule has 0 radical (unpaired) electrons. The predicted molar refractivity (Wildman–Crippen MR) is 145 cm³/mol. The third-order valence-electron chi connectivity index (χ3n) is 6.12. The van der Waals surface area contributed by atoms with E-state index in [2.05, 4.69) is 20.9 Å². The molecule has 10 nitrogen and oxygen atoms in total. The van der Waals surface area contributed by atoms with Crippen molar-refractivity contribution in [2.24, 2.45) is 10.9 Å². The number of amidine groups is 1. The Labute approximate surface area is 230 Å². The molecular weight excluding hydrogens is 535 g/mol. The molecule has 2 aromatic carbocycles. The van der Waals surface area contributed by atoms with Crippen LogP contribution in [0.3, 0.4) is 0 Å². The zero-order chi connectivity index (χ0) is 27.8. The van der Waals surface area contributed by atoms with E-state index in [4.69, 9.17) is 23.2 Å². The second-order valence-corrected chi connectivity index (χ2v) is 9.78. The van der Waals surface area contributed by atoms with Gasteiger partial charge < -0.3 is 31.3 Å². The number of aromatic hydroxyl groups is 2. The zero-order valence-corrected chi connectivity index (χ0v) is 22.3. The molecule has 2 amide bonds. The van der Waals surface area contributed by atoms with Crippen LogP contribution < -0.4 is 16.0 Å². The number of amides is 2. The van der Waals surface area contributed by atoms with Gasteiger partial charge in [0.15, 0.2) is 0 Å². The van der Waals surface area contributed by atoms with Gasteiger partial charge in [-0.25, -0.2) is 0 Å². The summed E-state index contributed by atoms with van der Waals surface area (Å²) in [4.78, 5) is 41.9. The Morgan fingerprint density at radius 3 is 2.53 bits per heavy atom. The number of carboxylic acid groups (broad SMARTS) is 1. The molecule has 0 fully saturated rings. The highest BCUT2D eigenvalue weighted by atomic mass is 35.5. The van der Waals surface area contributed by atoms with Gasteiger partial charge in [0.25, 0.3) is 5.91 Å². The third kappa shape index (κ3) is 7.75. The number of nitrogens with zero attached hydrogens (tertiary/aromatic N) is 1. The van der Waals surface area contributed by atoms with Gasteiger partial charge in [-0.3, -0.25) is 19.4 Å². The normalized spacial score (nSPS) is 15.0. The van der Waals surface area contributed by atoms with Gasteiger partial charge in [-0.1, -0.05) is 36.5 Å². The fourth-order valence-corrected chi connectivity index (χ4v) is 4.72. The fraction of sp³-hybridized carbons (Fsp3) is 0.385. The first-order valence-corrected chi connectivity index (χ1v) is 13.0. The molecule has 0 bridgehead atoms. The van der Waals surface area contributed by atoms with E-state index in [1.165, 1.54) is 30.3 Å². The number of benzene rings is 2. The first kappa shape index (κ1) is 29.1. The monoisotopic (exact) mass is 564 g/mol. The smallest absolute Gasteiger partial charge is 0.308 e. The van der Waals surface area contributed by atoms with E-state index >= 15 is 0 Å². The molecular formula is C26H30Cl2N4O6. The maximum atomic E-state index is 12.8. The molecule has 0 aromatic heterocycles. The van der Waals surface area contributed by atoms with Crippen molar-refractivity contribution in [2.45, 2.75) is 45.1 Å². The molecule has 1 heterocycles. The molecule has 6 N–H and O–H groups in total. The number of hydrogen-bond acceptors (Lipinski definition) is 7. The van der Waals surface area contributed by atoms with Gasteiger partial charge in [-0.15, -0.1) is 0 Å². The maximum absolute atomic E-state index is 12.8. The number of aliphatic carboxylic acids is 1. The van der Waals surface area contributed by atoms with Crippen molar-refractivity contribution in [2.75, 3.05) is 18.4 Å². The number of phenols is 2. The van der Waals surface area contributed by atoms with E-state index in [0.29, 0.717) is 12.2 Å². The lowest BCUT2D eigenvalue weighted by Crippen LogP contribution is -2.42. The number of anilines is 1. The second kappa shape index (κ2) is 13.3. The van der Waals surface area contributed by atoms with E-state index < -0.39 is 42.0 Å². The van der Waals surface area contributed by atoms with Crippen LogP contribution in [0.5, 0.6) is 11.5 Å². The highest BCUT2D eigenvalue weighted by Gasteiger charge is 2.32. The van der Waals surface area contributed by atoms with E-state index in [-0.39, 0.29) is 33.3 Å². The number of carbonyl (C=O) groups excluding carboxylic acids is 2. The predicted octanol–water partition coefficient (Wildman–Crippen LogP) is 4.49. The largest absolute Gasteiger partial charge is 0.508 e. The van der Waals surface area contributed by atoms with Crippen LogP contribution in [-0.2, 0) is 9.59 Å². The molecule has 2 aromatic rings. The molecule has 2 atom stereocenters. The van der Waals surface area contributed by atoms with Gasteiger partial charge in [0.1, 0.15) is 17.3 Å². The summed E-state index contributed by atoms with van der Waals surface area (Å²) in [6, 6.07) is 5.73. The average molecular weight is 565 g/mol. The number of halogens is 2. The van der Waals surface area contributed by atoms with E-state index in [1.54, 1.807) is 6.92 Å². The number of rotatable bonds is 9. The van der Waals surface area contributed by atoms with E-state index in [0.717, 1.165) is 31.5 Å². The Morgan fingerprint density at radius 2 is 1.82 bits per heavy atom. The lowest BCUT2D eigenvalue weighted by Gasteiger charge is -2.26. The highest BCUT2D eigenvalue weighted by molar-refractivity contribution is 6.35. The van der Waals surface area contributed by atoms with Crippen molar-refractivity contribution in [3.63, 3.8) is 0 Å². The summed E-state index contributed by atoms with van der Waals surface area (Å²) in [6.07, 6.45) is 3.98. The Bertz CT molecular complexity index is 1240. The quantitative estimate of drug-likeness (QED) is 0.261. The number of aliphatic imine (C=N–C) groups is 1. The van der Waals surface area contributed by atoms with Gasteiger partial charge in [-0.05, 0) is 43.5 Å². The van der Waals surface area contributed by atoms with Crippen molar-refractivity contribution >= 4 is 52.5 Å². The average Bonchev–Trinajstić information content (AvgIpc) is 3.12. The minimum absolute atomic E-state index is 0.0431. The van der Waals surface area contributed by atoms with Crippen LogP contribution in [-0.4, -0.2) is 52.0 Å². The summed E-state index contributed by atoms with van der Waals surface area (Å²) in [5.74, 6) is -3.40. The van der Waals surface area contributed by atoms with E-state index in [9.17, 15) is 29.7 Å². The topological polar surface area (TPSA) is 160 Å². The lowest BCUT2D eigenvalue weighted by atomic mass is 9.90. The van der Waals surface area contributed by atoms with Crippen LogP contribution in [0.1, 0.15) is 61.0 Å². The molecule has 204 valence electrons. The second-order valence-electron chi connectivity index (χ2n) is 8.94. The number of carbonyl (C=O) groups is 3. The van der Waals surface area contributed by atoms with Crippen LogP contribution in [0.15, 0.2) is 35.3 Å². The summed E-state index contributed by atoms with van der Waals surface area (Å²) in [5.41, 5.74) is 0.643. The van der Waals surface area contributed by atoms with Crippen LogP contribution in [0.25, 0.3) is 0 Å². The molecule has 38 heavy (non-hydrogen) atoms. The van der Waals surface area contributed by atoms with Gasteiger partial charge >= 0.3 is 5.97 Å². The SMILES string of the molecule is CCC(C(=O)O)[C@@H](NC(=O)CNC(=O)c1cc(O)cc(NC2=NCCCCC2)c1)c1cc(Cl)cc(Cl)c1O. The summed E-state index contributed by atoms with van der Waals surface area (Å²) >= 11 is 12.1. The third-order valence-corrected chi connectivity index (χ3v) is 6.63. The molecule has 12 heteroatoms. The van der Waals surface area contributed by atoms with Crippen LogP contribution in [0.4, 0.5) is 5.69 Å². The van der Waals surface area contributed by atoms with Crippen LogP contribution >= 0.6 is 23.2 Å². The Hall–Kier alpha value is -3.50. The molecule has 3 rings (SSSR count). The lowest BCUT2D eigenvalue weighted by molar-refractivity contribution is -0.143. The van der Waals surface area contributed by atoms with Crippen LogP contribution in [0, 0.1) is 5.92 Å². The Morgan fingerprint density at radius 1 is 1.05 bits per heavy atom. The van der Waals surface area contributed by atoms with Crippen molar-refractivity contribution in [1.82, 2.24) is 10.6 Å². The molecule has 0 saturated carbocycles. The fourth-order valence-electron chi connectivity index (χ4n) is 4.22. The van der Waals surface area contributed by atoms with Gasteiger partial charge in [0, 0.05) is 40.9 Å². The molecule has 0 spiro atoms. The number of phenolic OH excluding ortho intramolecular Hbond substituents is 2. The van der Waals surface area contributed by atoms with Crippen molar-refractivity contribution < 1.29 is 29.7 Å². The maximum Gasteiger partial charge on any atom is 0.308 e. The summed E-state index contributed by atoms with van der Waals surface area (Å²) < 4.78 is 0. The van der Waals surface area contributed by atoms with Crippen molar-refractivity contribution in [1.29, 1.82) is 0 Å². The van der Waals surface area contributed by atoms with Crippen LogP contribution in [0.2, 0.25) is 10.0 Å². The Balaban J connectivity index is 1.72. The first-order chi connectivity index (χ1) is 18.1. The Kier molecular flexibility index (Phi) is 10.2. The minimum atomic E-state index is -1.20. The van der Waals surface area contributed by atoms with Gasteiger partial charge in [0.2, 0.25) is 5.91 Å². The summed E-state index contributed by atoms with van der Waals surface area (Å²) in [5, 5.41) is 38.5. The minimum Gasteiger partial charge on any atom is -0.508 e. The van der Waals surface area contributed by atoms with Crippen molar-refractivity contribution in [3.8, 4) is 11.5 Å². The number of carboxylic acids is 1. The standard InChI is InChI=1S/C26H30Cl2N4O6/c1-2-18(26(37)38)23(19-10-15(27)11-20(28)24(19)35)32-22(34)13-30-25(36)14-8-16(12-17(33)9-14)31-21-6-4-3-5-7-29-21/h8-12,18,23,33,35H,2-7,13H2,1H3,(H,29,31)(H,30,36)(H,32,34)(H,37,38)/t18?,23-/m1/s1. The zero-order valence-electron chi connectivity index (χ0n) is 20.8. The first-order valence-electron chi connectivity index (χ1n) is 12.2. The number of hydrogen-bond donors (Lipinski definition) is 6. The molecule has 1 unspecified atom stereocenters. The molecule has 1 aliphatic rings. The molecule has 1 aliphatic heterocycles. The summed E-state index contributed by atoms with van der Waals surface area (Å²) in [6.45, 7) is 1.84. The summed E-state index contributed by atoms with van der Waals surface area (Å²) in [7, 11) is 0. The van der Waals surface area contributed by atoms with E-state index in [1.807, 2.05) is 0 Å². The number of nitrogens with one attached hydrogen (secondary N) is 3. The molecule has 0 saturated heterocycles. The molecule has 0 aliphatic carbocycles. The van der Waals surface area contributed by atoms with Crippen molar-refractivity contribution in [3.05, 3.63) is 51.5 Å². The van der Waals surface area contributed by atoms with Gasteiger partial charge in [0.05, 0.1) is 23.5 Å². The van der Waals surface area contributed by atoms with Gasteiger partial charge in [-0.2, -0.15) is 0 Å². The highest BCUT2D eigenvalue weighted by Crippen LogP contribution is 2.38.